The highest BCUT2D eigenvalue weighted by Crippen LogP contribution is 2.31. The van der Waals surface area contributed by atoms with Gasteiger partial charge in [0.15, 0.2) is 5.96 Å². The maximum atomic E-state index is 4.45. The molecule has 1 aliphatic carbocycles. The smallest absolute Gasteiger partial charge is 0.191 e. The van der Waals surface area contributed by atoms with E-state index >= 15 is 0 Å². The van der Waals surface area contributed by atoms with Crippen LogP contribution in [0.5, 0.6) is 0 Å². The van der Waals surface area contributed by atoms with Crippen molar-refractivity contribution in [3.05, 3.63) is 0 Å². The van der Waals surface area contributed by atoms with E-state index in [1.165, 1.54) is 43.6 Å². The number of hydrogen-bond acceptors (Lipinski definition) is 4. The van der Waals surface area contributed by atoms with Gasteiger partial charge in [0.1, 0.15) is 0 Å². The van der Waals surface area contributed by atoms with Crippen LogP contribution in [0, 0.1) is 0 Å². The van der Waals surface area contributed by atoms with Crippen LogP contribution in [-0.4, -0.2) is 73.1 Å². The highest BCUT2D eigenvalue weighted by atomic mass is 127. The number of likely N-dealkylation sites (N-methyl/N-ethyl adjacent to an activating group) is 1. The SMILES string of the molecule is CN=C(NCC1(N(C)C)CCSC1)NC1CCCC(SC)C1.I. The molecule has 0 aromatic rings. The molecule has 2 aliphatic rings. The number of halogens is 1. The Labute approximate surface area is 167 Å². The second-order valence-corrected chi connectivity index (χ2v) is 8.96. The van der Waals surface area contributed by atoms with Gasteiger partial charge in [-0.05, 0) is 51.8 Å². The van der Waals surface area contributed by atoms with Gasteiger partial charge in [-0.15, -0.1) is 24.0 Å². The van der Waals surface area contributed by atoms with E-state index in [4.69, 9.17) is 0 Å². The molecule has 0 aromatic carbocycles. The topological polar surface area (TPSA) is 39.7 Å². The maximum absolute atomic E-state index is 4.45. The van der Waals surface area contributed by atoms with Crippen molar-refractivity contribution in [3.63, 3.8) is 0 Å². The van der Waals surface area contributed by atoms with E-state index in [1.54, 1.807) is 0 Å². The van der Waals surface area contributed by atoms with Gasteiger partial charge < -0.3 is 15.5 Å². The zero-order chi connectivity index (χ0) is 16.0. The number of thioether (sulfide) groups is 2. The molecule has 0 spiro atoms. The zero-order valence-electron chi connectivity index (χ0n) is 14.9. The van der Waals surface area contributed by atoms with Gasteiger partial charge >= 0.3 is 0 Å². The molecule has 7 heteroatoms. The monoisotopic (exact) mass is 472 g/mol. The van der Waals surface area contributed by atoms with Crippen molar-refractivity contribution in [2.75, 3.05) is 45.4 Å². The standard InChI is InChI=1S/C16H32N4S2.HI/c1-17-15(19-13-6-5-7-14(10-13)21-4)18-11-16(20(2)3)8-9-22-12-16;/h13-14H,5-12H2,1-4H3,(H2,17,18,19);1H. The predicted molar refractivity (Wildman–Crippen MR) is 118 cm³/mol. The van der Waals surface area contributed by atoms with Crippen molar-refractivity contribution in [1.29, 1.82) is 0 Å². The lowest BCUT2D eigenvalue weighted by Gasteiger charge is -2.37. The molecular weight excluding hydrogens is 439 g/mol. The summed E-state index contributed by atoms with van der Waals surface area (Å²) in [6.07, 6.45) is 8.72. The van der Waals surface area contributed by atoms with E-state index < -0.39 is 0 Å². The highest BCUT2D eigenvalue weighted by molar-refractivity contribution is 14.0. The molecule has 1 aliphatic heterocycles. The zero-order valence-corrected chi connectivity index (χ0v) is 18.9. The number of guanidine groups is 1. The van der Waals surface area contributed by atoms with E-state index in [2.05, 4.69) is 52.6 Å². The first-order chi connectivity index (χ1) is 10.6. The van der Waals surface area contributed by atoms with E-state index in [1.807, 2.05) is 18.8 Å². The third-order valence-electron chi connectivity index (χ3n) is 5.14. The summed E-state index contributed by atoms with van der Waals surface area (Å²) in [6.45, 7) is 0.978. The van der Waals surface area contributed by atoms with Gasteiger partial charge in [-0.1, -0.05) is 6.42 Å². The van der Waals surface area contributed by atoms with Crippen molar-refractivity contribution in [3.8, 4) is 0 Å². The highest BCUT2D eigenvalue weighted by Gasteiger charge is 2.36. The molecule has 1 heterocycles. The van der Waals surface area contributed by atoms with Crippen LogP contribution < -0.4 is 10.6 Å². The molecule has 0 radical (unpaired) electrons. The summed E-state index contributed by atoms with van der Waals surface area (Å²) < 4.78 is 0. The number of rotatable bonds is 5. The van der Waals surface area contributed by atoms with Crippen LogP contribution in [0.15, 0.2) is 4.99 Å². The number of nitrogens with one attached hydrogen (secondary N) is 2. The second kappa shape index (κ2) is 10.6. The molecule has 3 unspecified atom stereocenters. The second-order valence-electron chi connectivity index (χ2n) is 6.71. The summed E-state index contributed by atoms with van der Waals surface area (Å²) >= 11 is 4.07. The Bertz CT molecular complexity index is 373. The fourth-order valence-corrected chi connectivity index (χ4v) is 5.75. The Hall–Kier alpha value is 0.660. The van der Waals surface area contributed by atoms with Crippen LogP contribution in [0.4, 0.5) is 0 Å². The van der Waals surface area contributed by atoms with Gasteiger partial charge in [-0.3, -0.25) is 4.99 Å². The molecule has 136 valence electrons. The normalized spacial score (nSPS) is 31.8. The maximum Gasteiger partial charge on any atom is 0.191 e. The molecule has 1 saturated carbocycles. The quantitative estimate of drug-likeness (QED) is 0.366. The van der Waals surface area contributed by atoms with Crippen molar-refractivity contribution in [2.24, 2.45) is 4.99 Å². The first-order valence-corrected chi connectivity index (χ1v) is 10.8. The Morgan fingerprint density at radius 2 is 2.17 bits per heavy atom. The molecule has 23 heavy (non-hydrogen) atoms. The van der Waals surface area contributed by atoms with Crippen LogP contribution >= 0.6 is 47.5 Å². The third-order valence-corrected chi connectivity index (χ3v) is 7.47. The van der Waals surface area contributed by atoms with Crippen LogP contribution in [0.1, 0.15) is 32.1 Å². The van der Waals surface area contributed by atoms with Crippen molar-refractivity contribution >= 4 is 53.5 Å². The third kappa shape index (κ3) is 6.15. The van der Waals surface area contributed by atoms with Crippen LogP contribution in [-0.2, 0) is 0 Å². The largest absolute Gasteiger partial charge is 0.355 e. The summed E-state index contributed by atoms with van der Waals surface area (Å²) in [5.74, 6) is 3.45. The molecular formula is C16H33IN4S2. The Kier molecular flexibility index (Phi) is 10.0. The molecule has 2 fully saturated rings. The summed E-state index contributed by atoms with van der Waals surface area (Å²) in [5.41, 5.74) is 0.274. The molecule has 4 nitrogen and oxygen atoms in total. The van der Waals surface area contributed by atoms with Gasteiger partial charge in [0.25, 0.3) is 0 Å². The lowest BCUT2D eigenvalue weighted by Crippen LogP contribution is -2.56. The minimum absolute atomic E-state index is 0. The average Bonchev–Trinajstić information content (AvgIpc) is 3.02. The molecule has 1 saturated heterocycles. The summed E-state index contributed by atoms with van der Waals surface area (Å²) in [4.78, 5) is 6.83. The minimum Gasteiger partial charge on any atom is -0.355 e. The Morgan fingerprint density at radius 3 is 2.74 bits per heavy atom. The fraction of sp³-hybridized carbons (Fsp3) is 0.938. The van der Waals surface area contributed by atoms with Crippen molar-refractivity contribution in [2.45, 2.75) is 48.9 Å². The van der Waals surface area contributed by atoms with Crippen LogP contribution in [0.3, 0.4) is 0 Å². The number of nitrogens with zero attached hydrogens (tertiary/aromatic N) is 2. The van der Waals surface area contributed by atoms with E-state index in [-0.39, 0.29) is 29.5 Å². The van der Waals surface area contributed by atoms with Gasteiger partial charge in [0.2, 0.25) is 0 Å². The Morgan fingerprint density at radius 1 is 1.39 bits per heavy atom. The molecule has 0 bridgehead atoms. The van der Waals surface area contributed by atoms with Crippen molar-refractivity contribution < 1.29 is 0 Å². The van der Waals surface area contributed by atoms with Crippen LogP contribution in [0.25, 0.3) is 0 Å². The van der Waals surface area contributed by atoms with Gasteiger partial charge in [-0.2, -0.15) is 23.5 Å². The van der Waals surface area contributed by atoms with Gasteiger partial charge in [-0.25, -0.2) is 0 Å². The van der Waals surface area contributed by atoms with Crippen LogP contribution in [0.2, 0.25) is 0 Å². The van der Waals surface area contributed by atoms with Gasteiger partial charge in [0, 0.05) is 36.2 Å². The lowest BCUT2D eigenvalue weighted by molar-refractivity contribution is 0.182. The first kappa shape index (κ1) is 21.7. The number of aliphatic imine (C=N–C) groups is 1. The fourth-order valence-electron chi connectivity index (χ4n) is 3.37. The van der Waals surface area contributed by atoms with Crippen molar-refractivity contribution in [1.82, 2.24) is 15.5 Å². The first-order valence-electron chi connectivity index (χ1n) is 8.35. The molecule has 3 atom stereocenters. The number of hydrogen-bond donors (Lipinski definition) is 2. The predicted octanol–water partition coefficient (Wildman–Crippen LogP) is 2.88. The van der Waals surface area contributed by atoms with E-state index in [0.717, 1.165) is 17.8 Å². The van der Waals surface area contributed by atoms with E-state index in [0.29, 0.717) is 6.04 Å². The summed E-state index contributed by atoms with van der Waals surface area (Å²) in [5, 5.41) is 8.05. The Balaban J connectivity index is 0.00000264. The summed E-state index contributed by atoms with van der Waals surface area (Å²) in [6, 6.07) is 0.575. The summed E-state index contributed by atoms with van der Waals surface area (Å²) in [7, 11) is 6.29. The van der Waals surface area contributed by atoms with Gasteiger partial charge in [0.05, 0.1) is 0 Å². The molecule has 2 N–H and O–H groups in total. The lowest BCUT2D eigenvalue weighted by atomic mass is 9.95. The molecule has 0 amide bonds. The minimum atomic E-state index is 0. The molecule has 2 rings (SSSR count). The molecule has 0 aromatic heterocycles. The van der Waals surface area contributed by atoms with E-state index in [9.17, 15) is 0 Å². The average molecular weight is 473 g/mol.